The second kappa shape index (κ2) is 14.5. The van der Waals surface area contributed by atoms with Gasteiger partial charge < -0.3 is 14.8 Å². The first-order valence-corrected chi connectivity index (χ1v) is 16.7. The van der Waals surface area contributed by atoms with Gasteiger partial charge in [-0.3, -0.25) is 9.59 Å². The summed E-state index contributed by atoms with van der Waals surface area (Å²) < 4.78 is 11.5. The number of hydrogen-bond donors (Lipinski definition) is 1. The van der Waals surface area contributed by atoms with Crippen LogP contribution in [0.15, 0.2) is 60.2 Å². The van der Waals surface area contributed by atoms with Gasteiger partial charge in [0, 0.05) is 29.7 Å². The third-order valence-electron chi connectivity index (χ3n) is 9.22. The summed E-state index contributed by atoms with van der Waals surface area (Å²) in [6, 6.07) is 18.0. The maximum Gasteiger partial charge on any atom is 0.311 e. The van der Waals surface area contributed by atoms with Gasteiger partial charge in [0.15, 0.2) is 17.3 Å². The van der Waals surface area contributed by atoms with Gasteiger partial charge in [0.1, 0.15) is 0 Å². The molecule has 0 saturated heterocycles. The van der Waals surface area contributed by atoms with Crippen molar-refractivity contribution in [2.45, 2.75) is 110 Å². The number of rotatable bonds is 14. The molecule has 0 saturated carbocycles. The Balaban J connectivity index is 1.28. The molecule has 0 amide bonds. The lowest BCUT2D eigenvalue weighted by Crippen LogP contribution is -2.33. The van der Waals surface area contributed by atoms with E-state index in [4.69, 9.17) is 9.47 Å². The zero-order valence-corrected chi connectivity index (χ0v) is 27.1. The number of methoxy groups -OCH3 is 1. The summed E-state index contributed by atoms with van der Waals surface area (Å²) in [5.74, 6) is 0.858. The molecule has 0 spiro atoms. The van der Waals surface area contributed by atoms with Gasteiger partial charge >= 0.3 is 5.97 Å². The van der Waals surface area contributed by atoms with Crippen LogP contribution in [0.25, 0.3) is 16.3 Å². The van der Waals surface area contributed by atoms with Crippen LogP contribution in [0.3, 0.4) is 0 Å². The largest absolute Gasteiger partial charge is 0.493 e. The molecule has 5 heteroatoms. The fourth-order valence-electron chi connectivity index (χ4n) is 6.97. The Hall–Kier alpha value is -3.60. The molecule has 0 fully saturated rings. The quantitative estimate of drug-likeness (QED) is 0.114. The zero-order valence-electron chi connectivity index (χ0n) is 27.1. The number of anilines is 1. The van der Waals surface area contributed by atoms with Crippen molar-refractivity contribution in [3.05, 3.63) is 71.3 Å². The van der Waals surface area contributed by atoms with Crippen LogP contribution >= 0.6 is 0 Å². The highest BCUT2D eigenvalue weighted by atomic mass is 16.6. The highest BCUT2D eigenvalue weighted by Gasteiger charge is 2.41. The lowest BCUT2D eigenvalue weighted by Gasteiger charge is -2.40. The van der Waals surface area contributed by atoms with Crippen molar-refractivity contribution >= 4 is 33.8 Å². The number of benzene rings is 3. The highest BCUT2D eigenvalue weighted by molar-refractivity contribution is 6.12. The Morgan fingerprint density at radius 3 is 2.30 bits per heavy atom. The van der Waals surface area contributed by atoms with Crippen LogP contribution in [-0.2, 0) is 9.59 Å². The van der Waals surface area contributed by atoms with E-state index in [0.29, 0.717) is 24.3 Å². The monoisotopic (exact) mass is 595 g/mol. The van der Waals surface area contributed by atoms with Crippen molar-refractivity contribution in [3.63, 3.8) is 0 Å². The number of fused-ring (bicyclic) bond motifs is 4. The van der Waals surface area contributed by atoms with Crippen molar-refractivity contribution in [3.8, 4) is 11.5 Å². The molecule has 1 atom stereocenters. The summed E-state index contributed by atoms with van der Waals surface area (Å²) in [6.07, 6.45) is 14.0. The van der Waals surface area contributed by atoms with Crippen LogP contribution in [0.5, 0.6) is 11.5 Å². The predicted molar refractivity (Wildman–Crippen MR) is 180 cm³/mol. The minimum absolute atomic E-state index is 0.115. The van der Waals surface area contributed by atoms with E-state index in [1.54, 1.807) is 13.2 Å². The van der Waals surface area contributed by atoms with E-state index in [1.165, 1.54) is 56.8 Å². The van der Waals surface area contributed by atoms with E-state index in [9.17, 15) is 9.59 Å². The van der Waals surface area contributed by atoms with Crippen LogP contribution in [0.4, 0.5) is 5.69 Å². The van der Waals surface area contributed by atoms with Crippen LogP contribution < -0.4 is 14.8 Å². The Morgan fingerprint density at radius 2 is 1.57 bits per heavy atom. The number of ether oxygens (including phenoxy) is 2. The number of ketones is 1. The van der Waals surface area contributed by atoms with Crippen molar-refractivity contribution in [2.75, 3.05) is 12.4 Å². The van der Waals surface area contributed by atoms with Crippen LogP contribution in [0.1, 0.15) is 121 Å². The van der Waals surface area contributed by atoms with Gasteiger partial charge in [-0.2, -0.15) is 0 Å². The van der Waals surface area contributed by atoms with E-state index < -0.39 is 0 Å². The van der Waals surface area contributed by atoms with Crippen LogP contribution in [0.2, 0.25) is 0 Å². The van der Waals surface area contributed by atoms with E-state index >= 15 is 0 Å². The Kier molecular flexibility index (Phi) is 10.5. The van der Waals surface area contributed by atoms with E-state index in [1.807, 2.05) is 12.1 Å². The van der Waals surface area contributed by atoms with E-state index in [0.717, 1.165) is 52.6 Å². The molecule has 234 valence electrons. The molecule has 0 aromatic heterocycles. The molecule has 0 radical (unpaired) electrons. The highest BCUT2D eigenvalue weighted by Crippen LogP contribution is 2.52. The molecular weight excluding hydrogens is 546 g/mol. The average molecular weight is 596 g/mol. The molecule has 1 aliphatic carbocycles. The molecule has 1 aliphatic heterocycles. The molecule has 44 heavy (non-hydrogen) atoms. The van der Waals surface area contributed by atoms with Gasteiger partial charge in [-0.1, -0.05) is 115 Å². The summed E-state index contributed by atoms with van der Waals surface area (Å²) in [5, 5.41) is 6.02. The summed E-state index contributed by atoms with van der Waals surface area (Å²) in [6.45, 7) is 6.61. The van der Waals surface area contributed by atoms with Gasteiger partial charge in [-0.15, -0.1) is 0 Å². The Morgan fingerprint density at radius 1 is 0.864 bits per heavy atom. The van der Waals surface area contributed by atoms with Crippen molar-refractivity contribution in [1.29, 1.82) is 0 Å². The van der Waals surface area contributed by atoms with E-state index in [2.05, 4.69) is 62.5 Å². The predicted octanol–water partition coefficient (Wildman–Crippen LogP) is 10.4. The smallest absolute Gasteiger partial charge is 0.311 e. The molecule has 1 heterocycles. The molecule has 1 N–H and O–H groups in total. The lowest BCUT2D eigenvalue weighted by molar-refractivity contribution is -0.134. The maximum absolute atomic E-state index is 13.8. The molecule has 0 bridgehead atoms. The first kappa shape index (κ1) is 31.8. The fraction of sp³-hybridized carbons (Fsp3) is 0.487. The van der Waals surface area contributed by atoms with Gasteiger partial charge in [-0.25, -0.2) is 0 Å². The van der Waals surface area contributed by atoms with E-state index in [-0.39, 0.29) is 23.2 Å². The van der Waals surface area contributed by atoms with Crippen LogP contribution in [-0.4, -0.2) is 18.9 Å². The van der Waals surface area contributed by atoms with Gasteiger partial charge in [-0.05, 0) is 58.4 Å². The standard InChI is InChI=1S/C39H49NO4/c1-5-6-7-8-9-10-11-12-13-14-19-35(42)44-33-23-21-28(24-34(33)43-4)38-37-30(25-39(2,3)26-32(37)41)36-29-18-16-15-17-27(29)20-22-31(36)40-38/h15-18,20-24,38,40H,5-14,19,25-26H2,1-4H3/t38-/m1/s1. The molecule has 3 aromatic rings. The number of carbonyl (C=O) groups is 2. The van der Waals surface area contributed by atoms with Gasteiger partial charge in [0.2, 0.25) is 0 Å². The van der Waals surface area contributed by atoms with Crippen molar-refractivity contribution < 1.29 is 19.1 Å². The van der Waals surface area contributed by atoms with Crippen molar-refractivity contribution in [1.82, 2.24) is 0 Å². The third kappa shape index (κ3) is 7.36. The second-order valence-corrected chi connectivity index (χ2v) is 13.4. The second-order valence-electron chi connectivity index (χ2n) is 13.4. The number of hydrogen-bond acceptors (Lipinski definition) is 5. The molecule has 5 nitrogen and oxygen atoms in total. The fourth-order valence-corrected chi connectivity index (χ4v) is 6.97. The maximum atomic E-state index is 13.8. The molecule has 3 aromatic carbocycles. The number of carbonyl (C=O) groups excluding carboxylic acids is 2. The topological polar surface area (TPSA) is 64.6 Å². The summed E-state index contributed by atoms with van der Waals surface area (Å²) in [7, 11) is 1.59. The summed E-state index contributed by atoms with van der Waals surface area (Å²) >= 11 is 0. The Labute approximate surface area is 263 Å². The number of nitrogens with one attached hydrogen (secondary N) is 1. The molecular formula is C39H49NO4. The molecule has 5 rings (SSSR count). The molecule has 0 unspecified atom stereocenters. The lowest BCUT2D eigenvalue weighted by atomic mass is 9.68. The molecule has 2 aliphatic rings. The van der Waals surface area contributed by atoms with Gasteiger partial charge in [0.25, 0.3) is 0 Å². The number of esters is 1. The minimum Gasteiger partial charge on any atom is -0.493 e. The zero-order chi connectivity index (χ0) is 31.1. The number of unbranched alkanes of at least 4 members (excludes halogenated alkanes) is 9. The normalized spacial score (nSPS) is 17.2. The summed E-state index contributed by atoms with van der Waals surface area (Å²) in [4.78, 5) is 26.5. The number of Topliss-reactive ketones (excluding diaryl/α,β-unsaturated/α-hetero) is 1. The number of allylic oxidation sites excluding steroid dienone is 1. The Bertz CT molecular complexity index is 1520. The SMILES string of the molecule is CCCCCCCCCCCCC(=O)Oc1ccc([C@H]2Nc3ccc4ccccc4c3C3=C2C(=O)CC(C)(C)C3)cc1OC. The average Bonchev–Trinajstić information content (AvgIpc) is 3.00. The summed E-state index contributed by atoms with van der Waals surface area (Å²) in [5.41, 5.74) is 4.93. The first-order valence-electron chi connectivity index (χ1n) is 16.7. The van der Waals surface area contributed by atoms with Crippen molar-refractivity contribution in [2.24, 2.45) is 5.41 Å². The minimum atomic E-state index is -0.312. The van der Waals surface area contributed by atoms with Gasteiger partial charge in [0.05, 0.1) is 13.2 Å². The van der Waals surface area contributed by atoms with Crippen LogP contribution in [0, 0.1) is 5.41 Å². The third-order valence-corrected chi connectivity index (χ3v) is 9.22. The first-order chi connectivity index (χ1) is 21.3.